The molecule has 0 aromatic rings. The molecule has 0 saturated carbocycles. The maximum atomic E-state index is 11.7. The highest BCUT2D eigenvalue weighted by atomic mass is 16.5. The van der Waals surface area contributed by atoms with E-state index in [4.69, 9.17) is 4.74 Å². The Kier molecular flexibility index (Phi) is 2.73. The summed E-state index contributed by atoms with van der Waals surface area (Å²) in [5.74, 6) is 0.228. The molecular formula is C9H17NO2. The summed E-state index contributed by atoms with van der Waals surface area (Å²) in [4.78, 5) is 13.4. The minimum atomic E-state index is -0.179. The van der Waals surface area contributed by atoms with E-state index >= 15 is 0 Å². The zero-order chi connectivity index (χ0) is 9.19. The summed E-state index contributed by atoms with van der Waals surface area (Å²) in [5.41, 5.74) is -0.179. The second-order valence-electron chi connectivity index (χ2n) is 3.87. The van der Waals surface area contributed by atoms with Gasteiger partial charge in [-0.15, -0.1) is 0 Å². The molecule has 0 atom stereocenters. The van der Waals surface area contributed by atoms with Crippen molar-refractivity contribution in [3.8, 4) is 0 Å². The van der Waals surface area contributed by atoms with Gasteiger partial charge in [-0.2, -0.15) is 0 Å². The van der Waals surface area contributed by atoms with E-state index in [0.717, 1.165) is 26.1 Å². The van der Waals surface area contributed by atoms with Gasteiger partial charge in [-0.3, -0.25) is 4.79 Å². The summed E-state index contributed by atoms with van der Waals surface area (Å²) >= 11 is 0. The Morgan fingerprint density at radius 2 is 1.83 bits per heavy atom. The summed E-state index contributed by atoms with van der Waals surface area (Å²) in [6.45, 7) is 3.46. The molecule has 70 valence electrons. The first kappa shape index (κ1) is 9.52. The van der Waals surface area contributed by atoms with Crippen LogP contribution in [0.3, 0.4) is 0 Å². The van der Waals surface area contributed by atoms with Crippen molar-refractivity contribution in [2.75, 3.05) is 27.3 Å². The molecule has 12 heavy (non-hydrogen) atoms. The van der Waals surface area contributed by atoms with Crippen LogP contribution in [0.5, 0.6) is 0 Å². The van der Waals surface area contributed by atoms with Gasteiger partial charge in [0.25, 0.3) is 0 Å². The van der Waals surface area contributed by atoms with Gasteiger partial charge in [0, 0.05) is 27.3 Å². The van der Waals surface area contributed by atoms with Crippen molar-refractivity contribution >= 4 is 5.91 Å². The fourth-order valence-electron chi connectivity index (χ4n) is 1.58. The van der Waals surface area contributed by atoms with E-state index in [1.807, 2.05) is 21.0 Å². The smallest absolute Gasteiger partial charge is 0.228 e. The Morgan fingerprint density at radius 3 is 2.25 bits per heavy atom. The van der Waals surface area contributed by atoms with Gasteiger partial charge in [0.2, 0.25) is 5.91 Å². The number of carbonyl (C=O) groups is 1. The minimum Gasteiger partial charge on any atom is -0.381 e. The van der Waals surface area contributed by atoms with E-state index in [-0.39, 0.29) is 11.3 Å². The Hall–Kier alpha value is -0.570. The molecular weight excluding hydrogens is 154 g/mol. The summed E-state index contributed by atoms with van der Waals surface area (Å²) in [5, 5.41) is 0. The highest BCUT2D eigenvalue weighted by molar-refractivity contribution is 5.81. The van der Waals surface area contributed by atoms with Crippen LogP contribution < -0.4 is 0 Å². The lowest BCUT2D eigenvalue weighted by Crippen LogP contribution is -2.41. The third-order valence-corrected chi connectivity index (χ3v) is 2.52. The van der Waals surface area contributed by atoms with Gasteiger partial charge < -0.3 is 9.64 Å². The molecule has 1 rings (SSSR count). The SMILES string of the molecule is CN(C)C(=O)C1(C)CCOCC1. The van der Waals surface area contributed by atoms with Gasteiger partial charge in [-0.1, -0.05) is 6.92 Å². The number of amides is 1. The number of carbonyl (C=O) groups excluding carboxylic acids is 1. The summed E-state index contributed by atoms with van der Waals surface area (Å²) < 4.78 is 5.22. The van der Waals surface area contributed by atoms with E-state index in [1.54, 1.807) is 4.90 Å². The normalized spacial score (nSPS) is 21.9. The van der Waals surface area contributed by atoms with Crippen LogP contribution in [0.15, 0.2) is 0 Å². The van der Waals surface area contributed by atoms with Crippen LogP contribution in [0.2, 0.25) is 0 Å². The van der Waals surface area contributed by atoms with Crippen LogP contribution in [-0.4, -0.2) is 38.1 Å². The molecule has 1 saturated heterocycles. The monoisotopic (exact) mass is 171 g/mol. The van der Waals surface area contributed by atoms with Crippen molar-refractivity contribution < 1.29 is 9.53 Å². The molecule has 0 spiro atoms. The quantitative estimate of drug-likeness (QED) is 0.586. The number of rotatable bonds is 1. The molecule has 0 radical (unpaired) electrons. The molecule has 3 heteroatoms. The zero-order valence-corrected chi connectivity index (χ0v) is 8.09. The predicted molar refractivity (Wildman–Crippen MR) is 46.9 cm³/mol. The van der Waals surface area contributed by atoms with Crippen LogP contribution in [0, 0.1) is 5.41 Å². The maximum Gasteiger partial charge on any atom is 0.228 e. The van der Waals surface area contributed by atoms with Crippen LogP contribution in [0.4, 0.5) is 0 Å². The average Bonchev–Trinajstić information content (AvgIpc) is 2.04. The highest BCUT2D eigenvalue weighted by Gasteiger charge is 2.35. The van der Waals surface area contributed by atoms with Gasteiger partial charge in [0.05, 0.1) is 5.41 Å². The molecule has 0 aliphatic carbocycles. The molecule has 0 N–H and O–H groups in total. The maximum absolute atomic E-state index is 11.7. The first-order valence-electron chi connectivity index (χ1n) is 4.36. The molecule has 0 aromatic heterocycles. The van der Waals surface area contributed by atoms with E-state index < -0.39 is 0 Å². The second kappa shape index (κ2) is 3.44. The number of hydrogen-bond donors (Lipinski definition) is 0. The van der Waals surface area contributed by atoms with Gasteiger partial charge in [0.15, 0.2) is 0 Å². The lowest BCUT2D eigenvalue weighted by molar-refractivity contribution is -0.143. The standard InChI is InChI=1S/C9H17NO2/c1-9(8(11)10(2)3)4-6-12-7-5-9/h4-7H2,1-3H3. The molecule has 1 aliphatic rings. The van der Waals surface area contributed by atoms with Crippen LogP contribution >= 0.6 is 0 Å². The first-order chi connectivity index (χ1) is 5.56. The van der Waals surface area contributed by atoms with Crippen molar-refractivity contribution in [3.05, 3.63) is 0 Å². The number of ether oxygens (including phenoxy) is 1. The van der Waals surface area contributed by atoms with E-state index in [9.17, 15) is 4.79 Å². The lowest BCUT2D eigenvalue weighted by Gasteiger charge is -2.34. The summed E-state index contributed by atoms with van der Waals surface area (Å²) in [7, 11) is 3.62. The fraction of sp³-hybridized carbons (Fsp3) is 0.889. The molecule has 0 bridgehead atoms. The van der Waals surface area contributed by atoms with E-state index in [0.29, 0.717) is 0 Å². The van der Waals surface area contributed by atoms with Crippen molar-refractivity contribution in [2.45, 2.75) is 19.8 Å². The number of nitrogens with zero attached hydrogens (tertiary/aromatic N) is 1. The molecule has 1 heterocycles. The molecule has 0 unspecified atom stereocenters. The fourth-order valence-corrected chi connectivity index (χ4v) is 1.58. The Labute approximate surface area is 73.7 Å². The molecule has 1 fully saturated rings. The van der Waals surface area contributed by atoms with Gasteiger partial charge in [-0.05, 0) is 12.8 Å². The summed E-state index contributed by atoms with van der Waals surface area (Å²) in [6, 6.07) is 0. The highest BCUT2D eigenvalue weighted by Crippen LogP contribution is 2.31. The topological polar surface area (TPSA) is 29.5 Å². The van der Waals surface area contributed by atoms with Crippen molar-refractivity contribution in [3.63, 3.8) is 0 Å². The third-order valence-electron chi connectivity index (χ3n) is 2.52. The second-order valence-corrected chi connectivity index (χ2v) is 3.87. The van der Waals surface area contributed by atoms with Gasteiger partial charge in [-0.25, -0.2) is 0 Å². The van der Waals surface area contributed by atoms with Crippen LogP contribution in [-0.2, 0) is 9.53 Å². The Bertz CT molecular complexity index is 171. The van der Waals surface area contributed by atoms with Crippen LogP contribution in [0.25, 0.3) is 0 Å². The van der Waals surface area contributed by atoms with Gasteiger partial charge >= 0.3 is 0 Å². The molecule has 1 aliphatic heterocycles. The van der Waals surface area contributed by atoms with Crippen molar-refractivity contribution in [1.82, 2.24) is 4.90 Å². The minimum absolute atomic E-state index is 0.179. The first-order valence-corrected chi connectivity index (χ1v) is 4.36. The molecule has 1 amide bonds. The molecule has 0 aromatic carbocycles. The van der Waals surface area contributed by atoms with Crippen molar-refractivity contribution in [2.24, 2.45) is 5.41 Å². The third kappa shape index (κ3) is 1.78. The van der Waals surface area contributed by atoms with E-state index in [2.05, 4.69) is 0 Å². The zero-order valence-electron chi connectivity index (χ0n) is 8.09. The largest absolute Gasteiger partial charge is 0.381 e. The Balaban J connectivity index is 2.62. The van der Waals surface area contributed by atoms with Crippen LogP contribution in [0.1, 0.15) is 19.8 Å². The molecule has 3 nitrogen and oxygen atoms in total. The number of hydrogen-bond acceptors (Lipinski definition) is 2. The van der Waals surface area contributed by atoms with E-state index in [1.165, 1.54) is 0 Å². The lowest BCUT2D eigenvalue weighted by atomic mass is 9.81. The average molecular weight is 171 g/mol. The van der Waals surface area contributed by atoms with Crippen molar-refractivity contribution in [1.29, 1.82) is 0 Å². The predicted octanol–water partition coefficient (Wildman–Crippen LogP) is 0.891. The van der Waals surface area contributed by atoms with Gasteiger partial charge in [0.1, 0.15) is 0 Å². The summed E-state index contributed by atoms with van der Waals surface area (Å²) in [6.07, 6.45) is 1.70. The Morgan fingerprint density at radius 1 is 1.33 bits per heavy atom.